The molecule has 1 unspecified atom stereocenters. The summed E-state index contributed by atoms with van der Waals surface area (Å²) in [6.07, 6.45) is 2.91. The molecule has 1 atom stereocenters. The highest BCUT2D eigenvalue weighted by atomic mass is 35.5. The minimum absolute atomic E-state index is 0. The van der Waals surface area contributed by atoms with E-state index in [1.807, 2.05) is 36.5 Å². The van der Waals surface area contributed by atoms with E-state index in [1.54, 1.807) is 7.11 Å². The van der Waals surface area contributed by atoms with Crippen molar-refractivity contribution < 1.29 is 14.3 Å². The first-order valence-corrected chi connectivity index (χ1v) is 11.1. The Morgan fingerprint density at radius 2 is 2.12 bits per heavy atom. The van der Waals surface area contributed by atoms with Gasteiger partial charge in [-0.3, -0.25) is 9.78 Å². The number of fused-ring (bicyclic) bond motifs is 2. The summed E-state index contributed by atoms with van der Waals surface area (Å²) in [4.78, 5) is 27.3. The molecule has 5 heterocycles. The normalized spacial score (nSPS) is 17.0. The summed E-state index contributed by atoms with van der Waals surface area (Å²) in [7, 11) is 1.63. The third-order valence-electron chi connectivity index (χ3n) is 5.85. The number of rotatable bonds is 8. The zero-order chi connectivity index (χ0) is 22.6. The number of carbonyl (C=O) groups excluding carboxylic acids is 1. The van der Waals surface area contributed by atoms with Gasteiger partial charge in [0.2, 0.25) is 5.88 Å². The molecule has 3 N–H and O–H groups in total. The number of methoxy groups -OCH3 is 1. The molecule has 10 nitrogen and oxygen atoms in total. The van der Waals surface area contributed by atoms with Gasteiger partial charge in [-0.2, -0.15) is 0 Å². The SMILES string of the molecule is COc1ccc2nccc(N3CCC(NCCNCc4ccc5c(n4)NC(=O)CO5)C3)c2n1.Cl. The fraction of sp³-hybridized carbons (Fsp3) is 0.391. The fourth-order valence-electron chi connectivity index (χ4n) is 4.19. The molecule has 0 bridgehead atoms. The molecule has 1 saturated heterocycles. The topological polar surface area (TPSA) is 114 Å². The van der Waals surface area contributed by atoms with E-state index in [4.69, 9.17) is 9.47 Å². The van der Waals surface area contributed by atoms with Crippen molar-refractivity contribution in [2.24, 2.45) is 0 Å². The van der Waals surface area contributed by atoms with Crippen LogP contribution in [0.2, 0.25) is 0 Å². The van der Waals surface area contributed by atoms with Crippen molar-refractivity contribution in [1.29, 1.82) is 0 Å². The molecule has 3 aromatic heterocycles. The summed E-state index contributed by atoms with van der Waals surface area (Å²) in [6.45, 7) is 4.22. The Bertz CT molecular complexity index is 1160. The molecule has 0 radical (unpaired) electrons. The molecule has 0 saturated carbocycles. The van der Waals surface area contributed by atoms with Crippen molar-refractivity contribution in [3.05, 3.63) is 42.2 Å². The maximum atomic E-state index is 11.5. The molecule has 180 valence electrons. The number of anilines is 2. The van der Waals surface area contributed by atoms with Crippen molar-refractivity contribution in [3.8, 4) is 11.6 Å². The maximum Gasteiger partial charge on any atom is 0.263 e. The molecular formula is C23H28ClN7O3. The minimum atomic E-state index is -0.176. The van der Waals surface area contributed by atoms with Crippen LogP contribution in [0.15, 0.2) is 36.5 Å². The van der Waals surface area contributed by atoms with Crippen LogP contribution >= 0.6 is 12.4 Å². The molecule has 34 heavy (non-hydrogen) atoms. The lowest BCUT2D eigenvalue weighted by Crippen LogP contribution is -2.37. The van der Waals surface area contributed by atoms with Gasteiger partial charge in [-0.15, -0.1) is 12.4 Å². The monoisotopic (exact) mass is 485 g/mol. The fourth-order valence-corrected chi connectivity index (χ4v) is 4.19. The van der Waals surface area contributed by atoms with Gasteiger partial charge in [0.25, 0.3) is 5.91 Å². The van der Waals surface area contributed by atoms with E-state index in [-0.39, 0.29) is 24.9 Å². The lowest BCUT2D eigenvalue weighted by molar-refractivity contribution is -0.118. The molecule has 0 aromatic carbocycles. The summed E-state index contributed by atoms with van der Waals surface area (Å²) in [5.41, 5.74) is 3.70. The third kappa shape index (κ3) is 5.30. The molecule has 11 heteroatoms. The summed E-state index contributed by atoms with van der Waals surface area (Å²) in [6, 6.07) is 9.97. The van der Waals surface area contributed by atoms with Crippen LogP contribution in [0.5, 0.6) is 11.6 Å². The number of nitrogens with zero attached hydrogens (tertiary/aromatic N) is 4. The predicted molar refractivity (Wildman–Crippen MR) is 132 cm³/mol. The van der Waals surface area contributed by atoms with Crippen LogP contribution in [0.1, 0.15) is 12.1 Å². The van der Waals surface area contributed by atoms with Crippen LogP contribution in [0.4, 0.5) is 11.5 Å². The van der Waals surface area contributed by atoms with Crippen molar-refractivity contribution in [3.63, 3.8) is 0 Å². The van der Waals surface area contributed by atoms with Crippen molar-refractivity contribution in [2.45, 2.75) is 19.0 Å². The van der Waals surface area contributed by atoms with Crippen LogP contribution in [-0.2, 0) is 11.3 Å². The molecule has 0 spiro atoms. The van der Waals surface area contributed by atoms with E-state index in [0.29, 0.717) is 30.0 Å². The zero-order valence-corrected chi connectivity index (χ0v) is 19.7. The smallest absolute Gasteiger partial charge is 0.263 e. The van der Waals surface area contributed by atoms with E-state index in [2.05, 4.69) is 35.8 Å². The van der Waals surface area contributed by atoms with Crippen LogP contribution < -0.4 is 30.3 Å². The standard InChI is InChI=1S/C23H27N7O3.ClH/c1-32-21-5-3-17-22(29-21)18(6-8-26-17)30-11-7-16(13-30)25-10-9-24-12-15-2-4-19-23(27-15)28-20(31)14-33-19;/h2-6,8,16,24-25H,7,9-14H2,1H3,(H,27,28,31);1H. The summed E-state index contributed by atoms with van der Waals surface area (Å²) < 4.78 is 10.6. The van der Waals surface area contributed by atoms with Gasteiger partial charge in [-0.05, 0) is 30.7 Å². The summed E-state index contributed by atoms with van der Waals surface area (Å²) in [5, 5.41) is 9.77. The number of hydrogen-bond donors (Lipinski definition) is 3. The van der Waals surface area contributed by atoms with Crippen LogP contribution in [0.25, 0.3) is 11.0 Å². The van der Waals surface area contributed by atoms with E-state index >= 15 is 0 Å². The van der Waals surface area contributed by atoms with Gasteiger partial charge < -0.3 is 30.3 Å². The molecule has 0 aliphatic carbocycles. The number of carbonyl (C=O) groups is 1. The van der Waals surface area contributed by atoms with E-state index in [1.165, 1.54) is 0 Å². The number of hydrogen-bond acceptors (Lipinski definition) is 9. The Balaban J connectivity index is 0.00000274. The molecule has 3 aromatic rings. The van der Waals surface area contributed by atoms with Gasteiger partial charge in [-0.25, -0.2) is 9.97 Å². The highest BCUT2D eigenvalue weighted by molar-refractivity contribution is 5.94. The maximum absolute atomic E-state index is 11.5. The largest absolute Gasteiger partial charge is 0.481 e. The van der Waals surface area contributed by atoms with Crippen LogP contribution in [0.3, 0.4) is 0 Å². The highest BCUT2D eigenvalue weighted by Gasteiger charge is 2.24. The first-order valence-electron chi connectivity index (χ1n) is 11.1. The molecule has 2 aliphatic rings. The van der Waals surface area contributed by atoms with Crippen LogP contribution in [0, 0.1) is 0 Å². The first-order chi connectivity index (χ1) is 16.2. The zero-order valence-electron chi connectivity index (χ0n) is 18.9. The van der Waals surface area contributed by atoms with Gasteiger partial charge in [0.1, 0.15) is 5.52 Å². The van der Waals surface area contributed by atoms with Gasteiger partial charge >= 0.3 is 0 Å². The number of ether oxygens (including phenoxy) is 2. The molecule has 2 aliphatic heterocycles. The van der Waals surface area contributed by atoms with Crippen LogP contribution in [-0.4, -0.2) is 66.8 Å². The Labute approximate surface area is 203 Å². The van der Waals surface area contributed by atoms with E-state index in [9.17, 15) is 4.79 Å². The van der Waals surface area contributed by atoms with E-state index in [0.717, 1.165) is 55.0 Å². The second kappa shape index (κ2) is 10.8. The molecule has 1 amide bonds. The van der Waals surface area contributed by atoms with Crippen molar-refractivity contribution >= 4 is 40.9 Å². The second-order valence-electron chi connectivity index (χ2n) is 8.10. The number of halogens is 1. The quantitative estimate of drug-likeness (QED) is 0.410. The first kappa shape index (κ1) is 23.9. The van der Waals surface area contributed by atoms with Gasteiger partial charge in [-0.1, -0.05) is 0 Å². The highest BCUT2D eigenvalue weighted by Crippen LogP contribution is 2.28. The van der Waals surface area contributed by atoms with Gasteiger partial charge in [0.05, 0.1) is 24.0 Å². The van der Waals surface area contributed by atoms with E-state index < -0.39 is 0 Å². The average molecular weight is 486 g/mol. The number of nitrogens with one attached hydrogen (secondary N) is 3. The average Bonchev–Trinajstić information content (AvgIpc) is 3.31. The number of aromatic nitrogens is 3. The minimum Gasteiger partial charge on any atom is -0.481 e. The number of pyridine rings is 3. The Morgan fingerprint density at radius 1 is 1.21 bits per heavy atom. The summed E-state index contributed by atoms with van der Waals surface area (Å²) in [5.74, 6) is 1.52. The Hall–Kier alpha value is -3.21. The van der Waals surface area contributed by atoms with Crippen molar-refractivity contribution in [2.75, 3.05) is 50.1 Å². The lowest BCUT2D eigenvalue weighted by atomic mass is 10.2. The Kier molecular flexibility index (Phi) is 7.61. The third-order valence-corrected chi connectivity index (χ3v) is 5.85. The van der Waals surface area contributed by atoms with Crippen molar-refractivity contribution in [1.82, 2.24) is 25.6 Å². The van der Waals surface area contributed by atoms with Gasteiger partial charge in [0.15, 0.2) is 18.2 Å². The lowest BCUT2D eigenvalue weighted by Gasteiger charge is -2.20. The second-order valence-corrected chi connectivity index (χ2v) is 8.10. The summed E-state index contributed by atoms with van der Waals surface area (Å²) >= 11 is 0. The molecular weight excluding hydrogens is 458 g/mol. The molecule has 1 fully saturated rings. The van der Waals surface area contributed by atoms with Gasteiger partial charge in [0, 0.05) is 51.0 Å². The Morgan fingerprint density at radius 3 is 3.00 bits per heavy atom. The number of amides is 1. The molecule has 5 rings (SSSR count). The predicted octanol–water partition coefficient (Wildman–Crippen LogP) is 1.74.